The number of hydrazine groups is 1. The van der Waals surface area contributed by atoms with Gasteiger partial charge in [-0.15, -0.1) is 0 Å². The van der Waals surface area contributed by atoms with Gasteiger partial charge in [0.15, 0.2) is 0 Å². The average Bonchev–Trinajstić information content (AvgIpc) is 2.42. The van der Waals surface area contributed by atoms with Crippen LogP contribution < -0.4 is 17.0 Å². The van der Waals surface area contributed by atoms with E-state index in [-0.39, 0.29) is 11.9 Å². The summed E-state index contributed by atoms with van der Waals surface area (Å²) in [7, 11) is 0. The molecule has 0 heterocycles. The Morgan fingerprint density at radius 1 is 1.14 bits per heavy atom. The number of benzene rings is 2. The second-order valence-corrected chi connectivity index (χ2v) is 5.67. The molecular formula is C17H20FN3. The largest absolute Gasteiger partial charge is 0.398 e. The van der Waals surface area contributed by atoms with Crippen LogP contribution in [0.1, 0.15) is 47.9 Å². The molecule has 4 heteroatoms. The number of nitrogen functional groups attached to an aromatic ring is 1. The molecule has 3 nitrogen and oxygen atoms in total. The zero-order chi connectivity index (χ0) is 14.8. The molecule has 1 aliphatic carbocycles. The highest BCUT2D eigenvalue weighted by Crippen LogP contribution is 2.37. The van der Waals surface area contributed by atoms with Crippen molar-refractivity contribution in [3.8, 4) is 0 Å². The van der Waals surface area contributed by atoms with E-state index < -0.39 is 0 Å². The van der Waals surface area contributed by atoms with Gasteiger partial charge in [-0.25, -0.2) is 9.82 Å². The van der Waals surface area contributed by atoms with Gasteiger partial charge < -0.3 is 5.73 Å². The van der Waals surface area contributed by atoms with Crippen LogP contribution in [0.25, 0.3) is 0 Å². The zero-order valence-electron chi connectivity index (χ0n) is 11.9. The Morgan fingerprint density at radius 3 is 2.62 bits per heavy atom. The van der Waals surface area contributed by atoms with Crippen LogP contribution in [0.2, 0.25) is 0 Å². The molecule has 0 aliphatic heterocycles. The Kier molecular flexibility index (Phi) is 3.90. The fraction of sp³-hybridized carbons (Fsp3) is 0.294. The molecule has 0 saturated heterocycles. The van der Waals surface area contributed by atoms with Crippen LogP contribution in [0, 0.1) is 5.82 Å². The van der Waals surface area contributed by atoms with Gasteiger partial charge >= 0.3 is 0 Å². The van der Waals surface area contributed by atoms with Crippen LogP contribution >= 0.6 is 0 Å². The van der Waals surface area contributed by atoms with Crippen molar-refractivity contribution in [1.29, 1.82) is 0 Å². The lowest BCUT2D eigenvalue weighted by Crippen LogP contribution is -2.29. The van der Waals surface area contributed by atoms with Crippen molar-refractivity contribution >= 4 is 5.69 Å². The Labute approximate surface area is 124 Å². The van der Waals surface area contributed by atoms with Gasteiger partial charge in [-0.3, -0.25) is 5.84 Å². The van der Waals surface area contributed by atoms with Gasteiger partial charge in [0.1, 0.15) is 5.82 Å². The van der Waals surface area contributed by atoms with E-state index in [1.807, 2.05) is 12.1 Å². The number of nitrogens with two attached hydrogens (primary N) is 2. The molecule has 1 saturated carbocycles. The second-order valence-electron chi connectivity index (χ2n) is 5.67. The monoisotopic (exact) mass is 285 g/mol. The first-order valence-corrected chi connectivity index (χ1v) is 7.30. The first-order valence-electron chi connectivity index (χ1n) is 7.30. The summed E-state index contributed by atoms with van der Waals surface area (Å²) >= 11 is 0. The predicted octanol–water partition coefficient (Wildman–Crippen LogP) is 3.23. The van der Waals surface area contributed by atoms with Crippen molar-refractivity contribution in [1.82, 2.24) is 5.43 Å². The molecule has 1 fully saturated rings. The molecule has 5 N–H and O–H groups in total. The third-order valence-electron chi connectivity index (χ3n) is 4.35. The van der Waals surface area contributed by atoms with Crippen LogP contribution in [-0.2, 0) is 0 Å². The van der Waals surface area contributed by atoms with E-state index in [0.717, 1.165) is 5.56 Å². The van der Waals surface area contributed by atoms with E-state index >= 15 is 0 Å². The molecule has 0 amide bonds. The molecule has 1 unspecified atom stereocenters. The zero-order valence-corrected chi connectivity index (χ0v) is 11.9. The lowest BCUT2D eigenvalue weighted by molar-refractivity contribution is 0.419. The topological polar surface area (TPSA) is 64.1 Å². The summed E-state index contributed by atoms with van der Waals surface area (Å²) in [6, 6.07) is 12.4. The van der Waals surface area contributed by atoms with Gasteiger partial charge in [0.25, 0.3) is 0 Å². The molecule has 2 aromatic rings. The SMILES string of the molecule is NNC(c1cccc(C2CCC2)c1)c1cc(F)ccc1N. The summed E-state index contributed by atoms with van der Waals surface area (Å²) in [5.74, 6) is 6.04. The summed E-state index contributed by atoms with van der Waals surface area (Å²) < 4.78 is 13.5. The fourth-order valence-electron chi connectivity index (χ4n) is 2.90. The fourth-order valence-corrected chi connectivity index (χ4v) is 2.90. The Balaban J connectivity index is 1.97. The third-order valence-corrected chi connectivity index (χ3v) is 4.35. The molecular weight excluding hydrogens is 265 g/mol. The highest BCUT2D eigenvalue weighted by atomic mass is 19.1. The van der Waals surface area contributed by atoms with E-state index in [1.165, 1.54) is 37.0 Å². The summed E-state index contributed by atoms with van der Waals surface area (Å²) in [6.45, 7) is 0. The molecule has 3 rings (SSSR count). The van der Waals surface area contributed by atoms with Crippen LogP contribution in [0.3, 0.4) is 0 Å². The van der Waals surface area contributed by atoms with Gasteiger partial charge in [-0.2, -0.15) is 0 Å². The number of anilines is 1. The maximum atomic E-state index is 13.5. The van der Waals surface area contributed by atoms with Gasteiger partial charge in [0.05, 0.1) is 6.04 Å². The summed E-state index contributed by atoms with van der Waals surface area (Å²) in [5.41, 5.74) is 12.3. The van der Waals surface area contributed by atoms with E-state index in [9.17, 15) is 4.39 Å². The summed E-state index contributed by atoms with van der Waals surface area (Å²) in [4.78, 5) is 0. The van der Waals surface area contributed by atoms with Crippen molar-refractivity contribution in [3.63, 3.8) is 0 Å². The van der Waals surface area contributed by atoms with Crippen molar-refractivity contribution in [2.45, 2.75) is 31.2 Å². The minimum atomic E-state index is -0.311. The lowest BCUT2D eigenvalue weighted by Gasteiger charge is -2.27. The molecule has 0 aromatic heterocycles. The molecule has 0 radical (unpaired) electrons. The molecule has 21 heavy (non-hydrogen) atoms. The molecule has 0 spiro atoms. The van der Waals surface area contributed by atoms with Crippen molar-refractivity contribution in [3.05, 3.63) is 65.0 Å². The molecule has 0 bridgehead atoms. The summed E-state index contributed by atoms with van der Waals surface area (Å²) in [5, 5.41) is 0. The number of halogens is 1. The van der Waals surface area contributed by atoms with Gasteiger partial charge in [0.2, 0.25) is 0 Å². The second kappa shape index (κ2) is 5.84. The number of hydrogen-bond donors (Lipinski definition) is 3. The molecule has 1 atom stereocenters. The average molecular weight is 285 g/mol. The van der Waals surface area contributed by atoms with Gasteiger partial charge in [0, 0.05) is 11.3 Å². The minimum Gasteiger partial charge on any atom is -0.398 e. The predicted molar refractivity (Wildman–Crippen MR) is 83.0 cm³/mol. The highest BCUT2D eigenvalue weighted by Gasteiger charge is 2.22. The third kappa shape index (κ3) is 2.77. The van der Waals surface area contributed by atoms with E-state index in [0.29, 0.717) is 17.2 Å². The normalized spacial score (nSPS) is 16.5. The van der Waals surface area contributed by atoms with Crippen molar-refractivity contribution < 1.29 is 4.39 Å². The van der Waals surface area contributed by atoms with Crippen molar-refractivity contribution in [2.24, 2.45) is 5.84 Å². The van der Waals surface area contributed by atoms with Crippen molar-refractivity contribution in [2.75, 3.05) is 5.73 Å². The molecule has 2 aromatic carbocycles. The maximum absolute atomic E-state index is 13.5. The molecule has 1 aliphatic rings. The van der Waals surface area contributed by atoms with Crippen LogP contribution in [0.4, 0.5) is 10.1 Å². The van der Waals surface area contributed by atoms with Crippen LogP contribution in [0.5, 0.6) is 0 Å². The highest BCUT2D eigenvalue weighted by molar-refractivity contribution is 5.52. The molecule has 110 valence electrons. The number of hydrogen-bond acceptors (Lipinski definition) is 3. The van der Waals surface area contributed by atoms with Gasteiger partial charge in [-0.05, 0) is 48.1 Å². The summed E-state index contributed by atoms with van der Waals surface area (Å²) in [6.07, 6.45) is 3.78. The van der Waals surface area contributed by atoms with E-state index in [2.05, 4.69) is 17.6 Å². The number of nitrogens with one attached hydrogen (secondary N) is 1. The Bertz CT molecular complexity index is 638. The first kappa shape index (κ1) is 14.0. The Morgan fingerprint density at radius 2 is 1.95 bits per heavy atom. The lowest BCUT2D eigenvalue weighted by atomic mass is 9.79. The standard InChI is InChI=1S/C17H20FN3/c18-14-7-8-16(19)15(10-14)17(21-20)13-6-2-5-12(9-13)11-3-1-4-11/h2,5-11,17,21H,1,3-4,19-20H2. The minimum absolute atomic E-state index is 0.305. The first-order chi connectivity index (χ1) is 10.2. The van der Waals surface area contributed by atoms with Crippen LogP contribution in [-0.4, -0.2) is 0 Å². The van der Waals surface area contributed by atoms with Crippen LogP contribution in [0.15, 0.2) is 42.5 Å². The number of rotatable bonds is 4. The van der Waals surface area contributed by atoms with E-state index in [4.69, 9.17) is 11.6 Å². The maximum Gasteiger partial charge on any atom is 0.123 e. The smallest absolute Gasteiger partial charge is 0.123 e. The van der Waals surface area contributed by atoms with Gasteiger partial charge in [-0.1, -0.05) is 30.7 Å². The quantitative estimate of drug-likeness (QED) is 0.459. The Hall–Kier alpha value is -1.91. The van der Waals surface area contributed by atoms with E-state index in [1.54, 1.807) is 6.07 Å².